The number of hydrogen-bond acceptors (Lipinski definition) is 2. The van der Waals surface area contributed by atoms with Crippen LogP contribution in [0.4, 0.5) is 17.1 Å². The molecule has 9 rings (SSSR count). The van der Waals surface area contributed by atoms with Crippen LogP contribution < -0.4 is 4.90 Å². The fourth-order valence-corrected chi connectivity index (χ4v) is 8.31. The summed E-state index contributed by atoms with van der Waals surface area (Å²) in [6.45, 7) is 2.13. The van der Waals surface area contributed by atoms with Crippen molar-refractivity contribution in [2.45, 2.75) is 6.92 Å². The third-order valence-electron chi connectivity index (χ3n) is 9.78. The van der Waals surface area contributed by atoms with Gasteiger partial charge in [0.1, 0.15) is 0 Å². The van der Waals surface area contributed by atoms with Crippen LogP contribution in [0.15, 0.2) is 194 Å². The van der Waals surface area contributed by atoms with E-state index in [9.17, 15) is 0 Å². The molecule has 0 spiro atoms. The Kier molecular flexibility index (Phi) is 8.00. The minimum atomic E-state index is 1.12. The lowest BCUT2D eigenvalue weighted by atomic mass is 9.96. The Hall–Kier alpha value is -6.22. The molecule has 8 aromatic carbocycles. The zero-order chi connectivity index (χ0) is 34.1. The van der Waals surface area contributed by atoms with Gasteiger partial charge in [-0.05, 0) is 100.0 Å². The Labute approximate surface area is 303 Å². The summed E-state index contributed by atoms with van der Waals surface area (Å²) in [4.78, 5) is 2.33. The predicted octanol–water partition coefficient (Wildman–Crippen LogP) is 14.5. The molecule has 0 aliphatic rings. The minimum absolute atomic E-state index is 1.12. The maximum atomic E-state index is 2.33. The highest BCUT2D eigenvalue weighted by atomic mass is 32.1. The van der Waals surface area contributed by atoms with Gasteiger partial charge < -0.3 is 4.90 Å². The van der Waals surface area contributed by atoms with E-state index in [1.165, 1.54) is 70.2 Å². The Bertz CT molecular complexity index is 2600. The maximum absolute atomic E-state index is 2.33. The average molecular weight is 670 g/mol. The van der Waals surface area contributed by atoms with Crippen LogP contribution in [-0.4, -0.2) is 0 Å². The number of fused-ring (bicyclic) bond motifs is 3. The average Bonchev–Trinajstić information content (AvgIpc) is 3.59. The van der Waals surface area contributed by atoms with Crippen molar-refractivity contribution in [3.63, 3.8) is 0 Å². The van der Waals surface area contributed by atoms with Gasteiger partial charge in [0.05, 0.1) is 0 Å². The molecule has 0 N–H and O–H groups in total. The second-order valence-electron chi connectivity index (χ2n) is 13.1. The molecule has 0 saturated carbocycles. The molecular formula is C49H35NS. The van der Waals surface area contributed by atoms with Crippen LogP contribution in [-0.2, 0) is 0 Å². The summed E-state index contributed by atoms with van der Waals surface area (Å²) in [6.07, 6.45) is 0. The van der Waals surface area contributed by atoms with Crippen LogP contribution in [0, 0.1) is 6.92 Å². The summed E-state index contributed by atoms with van der Waals surface area (Å²) in [5.41, 5.74) is 14.4. The molecule has 0 radical (unpaired) electrons. The number of nitrogens with zero attached hydrogens (tertiary/aromatic N) is 1. The molecule has 0 atom stereocenters. The molecule has 2 heteroatoms. The van der Waals surface area contributed by atoms with Crippen molar-refractivity contribution in [3.8, 4) is 44.5 Å². The van der Waals surface area contributed by atoms with Crippen molar-refractivity contribution >= 4 is 48.6 Å². The first-order valence-corrected chi connectivity index (χ1v) is 18.2. The molecule has 0 aliphatic heterocycles. The van der Waals surface area contributed by atoms with Gasteiger partial charge in [-0.15, -0.1) is 11.3 Å². The van der Waals surface area contributed by atoms with E-state index in [1.807, 2.05) is 11.3 Å². The first kappa shape index (κ1) is 30.8. The lowest BCUT2D eigenvalue weighted by molar-refractivity contribution is 1.27. The summed E-state index contributed by atoms with van der Waals surface area (Å²) >= 11 is 1.88. The molecular weight excluding hydrogens is 635 g/mol. The van der Waals surface area contributed by atoms with E-state index >= 15 is 0 Å². The highest BCUT2D eigenvalue weighted by molar-refractivity contribution is 7.26. The van der Waals surface area contributed by atoms with E-state index in [-0.39, 0.29) is 0 Å². The summed E-state index contributed by atoms with van der Waals surface area (Å²) in [5, 5.41) is 2.66. The van der Waals surface area contributed by atoms with Gasteiger partial charge >= 0.3 is 0 Å². The second-order valence-corrected chi connectivity index (χ2v) is 14.1. The van der Waals surface area contributed by atoms with Crippen molar-refractivity contribution < 1.29 is 0 Å². The van der Waals surface area contributed by atoms with Crippen LogP contribution in [0.5, 0.6) is 0 Å². The number of benzene rings is 8. The Morgan fingerprint density at radius 2 is 0.804 bits per heavy atom. The standard InChI is InChI=1S/C49H35NS/c1-34-17-27-42(28-18-34)50(43-29-23-37(24-30-43)35-9-3-2-4-10-35)44-31-25-38(26-32-44)36-19-21-39(22-20-36)40-11-7-12-41(33-40)45-14-8-15-47-46-13-5-6-16-48(46)51-49(45)47/h2-33H,1H3. The maximum Gasteiger partial charge on any atom is 0.0462 e. The molecule has 1 nitrogen and oxygen atoms in total. The summed E-state index contributed by atoms with van der Waals surface area (Å²) < 4.78 is 2.68. The molecule has 9 aromatic rings. The highest BCUT2D eigenvalue weighted by Crippen LogP contribution is 2.41. The minimum Gasteiger partial charge on any atom is -0.311 e. The number of anilines is 3. The smallest absolute Gasteiger partial charge is 0.0462 e. The Morgan fingerprint density at radius 3 is 1.45 bits per heavy atom. The number of rotatable bonds is 7. The Morgan fingerprint density at radius 1 is 0.353 bits per heavy atom. The van der Waals surface area contributed by atoms with Crippen molar-refractivity contribution in [2.75, 3.05) is 4.90 Å². The normalized spacial score (nSPS) is 11.2. The lowest BCUT2D eigenvalue weighted by Gasteiger charge is -2.26. The summed E-state index contributed by atoms with van der Waals surface area (Å²) in [5.74, 6) is 0. The molecule has 0 fully saturated rings. The molecule has 51 heavy (non-hydrogen) atoms. The van der Waals surface area contributed by atoms with Crippen LogP contribution >= 0.6 is 11.3 Å². The molecule has 1 aromatic heterocycles. The van der Waals surface area contributed by atoms with E-state index in [0.717, 1.165) is 17.1 Å². The number of thiophene rings is 1. The van der Waals surface area contributed by atoms with Crippen LogP contribution in [0.3, 0.4) is 0 Å². The van der Waals surface area contributed by atoms with Crippen LogP contribution in [0.2, 0.25) is 0 Å². The monoisotopic (exact) mass is 669 g/mol. The molecule has 0 amide bonds. The van der Waals surface area contributed by atoms with Crippen molar-refractivity contribution in [1.82, 2.24) is 0 Å². The number of hydrogen-bond donors (Lipinski definition) is 0. The Balaban J connectivity index is 0.996. The van der Waals surface area contributed by atoms with Crippen LogP contribution in [0.1, 0.15) is 5.56 Å². The molecule has 242 valence electrons. The third-order valence-corrected chi connectivity index (χ3v) is 11.0. The summed E-state index contributed by atoms with van der Waals surface area (Å²) in [6, 6.07) is 70.4. The van der Waals surface area contributed by atoms with Crippen molar-refractivity contribution in [1.29, 1.82) is 0 Å². The molecule has 0 unspecified atom stereocenters. The van der Waals surface area contributed by atoms with Gasteiger partial charge in [-0.25, -0.2) is 0 Å². The fraction of sp³-hybridized carbons (Fsp3) is 0.0204. The second kappa shape index (κ2) is 13.2. The van der Waals surface area contributed by atoms with E-state index in [2.05, 4.69) is 206 Å². The fourth-order valence-electron chi connectivity index (χ4n) is 7.07. The van der Waals surface area contributed by atoms with Crippen molar-refractivity contribution in [3.05, 3.63) is 200 Å². The SMILES string of the molecule is Cc1ccc(N(c2ccc(-c3ccccc3)cc2)c2ccc(-c3ccc(-c4cccc(-c5cccc6c5sc5ccccc56)c4)cc3)cc2)cc1. The van der Waals surface area contributed by atoms with Gasteiger partial charge in [0.2, 0.25) is 0 Å². The van der Waals surface area contributed by atoms with Gasteiger partial charge in [-0.3, -0.25) is 0 Å². The zero-order valence-corrected chi connectivity index (χ0v) is 29.1. The third kappa shape index (κ3) is 6.01. The van der Waals surface area contributed by atoms with E-state index in [1.54, 1.807) is 0 Å². The van der Waals surface area contributed by atoms with Crippen molar-refractivity contribution in [2.24, 2.45) is 0 Å². The highest BCUT2D eigenvalue weighted by Gasteiger charge is 2.14. The largest absolute Gasteiger partial charge is 0.311 e. The zero-order valence-electron chi connectivity index (χ0n) is 28.3. The van der Waals surface area contributed by atoms with Crippen LogP contribution in [0.25, 0.3) is 64.7 Å². The van der Waals surface area contributed by atoms with Gasteiger partial charge in [0.15, 0.2) is 0 Å². The van der Waals surface area contributed by atoms with Gasteiger partial charge in [0, 0.05) is 37.2 Å². The quantitative estimate of drug-likeness (QED) is 0.163. The van der Waals surface area contributed by atoms with Gasteiger partial charge in [-0.1, -0.05) is 151 Å². The lowest BCUT2D eigenvalue weighted by Crippen LogP contribution is -2.09. The van der Waals surface area contributed by atoms with E-state index in [4.69, 9.17) is 0 Å². The van der Waals surface area contributed by atoms with Gasteiger partial charge in [-0.2, -0.15) is 0 Å². The first-order chi connectivity index (χ1) is 25.2. The topological polar surface area (TPSA) is 3.24 Å². The number of aryl methyl sites for hydroxylation is 1. The molecule has 1 heterocycles. The molecule has 0 aliphatic carbocycles. The predicted molar refractivity (Wildman–Crippen MR) is 220 cm³/mol. The van der Waals surface area contributed by atoms with E-state index in [0.29, 0.717) is 0 Å². The first-order valence-electron chi connectivity index (χ1n) is 17.4. The summed E-state index contributed by atoms with van der Waals surface area (Å²) in [7, 11) is 0. The van der Waals surface area contributed by atoms with E-state index < -0.39 is 0 Å². The molecule has 0 bridgehead atoms. The van der Waals surface area contributed by atoms with Gasteiger partial charge in [0.25, 0.3) is 0 Å². The molecule has 0 saturated heterocycles.